The van der Waals surface area contributed by atoms with Crippen LogP contribution in [0.5, 0.6) is 0 Å². The third kappa shape index (κ3) is 2.13. The Balaban J connectivity index is 2.20. The highest BCUT2D eigenvalue weighted by Gasteiger charge is 2.13. The van der Waals surface area contributed by atoms with Crippen LogP contribution in [0.2, 0.25) is 10.0 Å². The number of rotatable bonds is 2. The number of carbonyl (C=O) groups is 1. The highest BCUT2D eigenvalue weighted by Crippen LogP contribution is 2.28. The van der Waals surface area contributed by atoms with Crippen LogP contribution in [0.25, 0.3) is 16.9 Å². The van der Waals surface area contributed by atoms with E-state index in [-0.39, 0.29) is 5.56 Å². The number of aromatic carboxylic acids is 1. The molecule has 20 heavy (non-hydrogen) atoms. The van der Waals surface area contributed by atoms with E-state index < -0.39 is 5.97 Å². The Hall–Kier alpha value is -2.04. The van der Waals surface area contributed by atoms with Crippen molar-refractivity contribution in [3.8, 4) is 11.3 Å². The zero-order chi connectivity index (χ0) is 14.3. The number of aromatic nitrogens is 2. The maximum Gasteiger partial charge on any atom is 0.339 e. The Kier molecular flexibility index (Phi) is 3.12. The van der Waals surface area contributed by atoms with E-state index in [2.05, 4.69) is 4.98 Å². The Labute approximate surface area is 124 Å². The minimum Gasteiger partial charge on any atom is -0.478 e. The number of carboxylic acid groups (broad SMARTS) is 1. The topological polar surface area (TPSA) is 54.6 Å². The molecule has 0 aliphatic heterocycles. The van der Waals surface area contributed by atoms with E-state index in [0.29, 0.717) is 21.4 Å². The van der Waals surface area contributed by atoms with Crippen molar-refractivity contribution in [2.45, 2.75) is 0 Å². The van der Waals surface area contributed by atoms with Crippen molar-refractivity contribution >= 4 is 34.8 Å². The molecule has 1 N–H and O–H groups in total. The van der Waals surface area contributed by atoms with Gasteiger partial charge in [0.05, 0.1) is 15.7 Å². The largest absolute Gasteiger partial charge is 0.478 e. The third-order valence-corrected chi connectivity index (χ3v) is 3.67. The van der Waals surface area contributed by atoms with Gasteiger partial charge in [0.1, 0.15) is 5.56 Å². The average Bonchev–Trinajstić information content (AvgIpc) is 2.85. The first-order valence-electron chi connectivity index (χ1n) is 5.72. The standard InChI is InChI=1S/C14H8Cl2N2O2/c15-10-4-3-8(6-11(10)16)12-7-18-5-1-2-9(14(19)20)13(18)17-12/h1-7H,(H,19,20). The highest BCUT2D eigenvalue weighted by atomic mass is 35.5. The minimum absolute atomic E-state index is 0.152. The number of nitrogens with zero attached hydrogens (tertiary/aromatic N) is 2. The maximum absolute atomic E-state index is 11.2. The van der Waals surface area contributed by atoms with Gasteiger partial charge < -0.3 is 9.51 Å². The molecular weight excluding hydrogens is 299 g/mol. The fraction of sp³-hybridized carbons (Fsp3) is 0. The number of hydrogen-bond acceptors (Lipinski definition) is 2. The summed E-state index contributed by atoms with van der Waals surface area (Å²) in [6.45, 7) is 0. The summed E-state index contributed by atoms with van der Waals surface area (Å²) in [6.07, 6.45) is 3.50. The lowest BCUT2D eigenvalue weighted by Crippen LogP contribution is -1.99. The molecule has 6 heteroatoms. The van der Waals surface area contributed by atoms with Crippen molar-refractivity contribution in [2.75, 3.05) is 0 Å². The van der Waals surface area contributed by atoms with E-state index in [1.807, 2.05) is 0 Å². The SMILES string of the molecule is O=C(O)c1cccn2cc(-c3ccc(Cl)c(Cl)c3)nc12. The summed E-state index contributed by atoms with van der Waals surface area (Å²) in [5, 5.41) is 10.0. The smallest absolute Gasteiger partial charge is 0.339 e. The number of imidazole rings is 1. The maximum atomic E-state index is 11.2. The van der Waals surface area contributed by atoms with E-state index in [4.69, 9.17) is 28.3 Å². The molecule has 3 rings (SSSR count). The molecular formula is C14H8Cl2N2O2. The van der Waals surface area contributed by atoms with Gasteiger partial charge in [0.25, 0.3) is 0 Å². The number of carboxylic acids is 1. The summed E-state index contributed by atoms with van der Waals surface area (Å²) in [5.74, 6) is -1.01. The molecule has 0 radical (unpaired) electrons. The first kappa shape index (κ1) is 13.0. The zero-order valence-corrected chi connectivity index (χ0v) is 11.6. The normalized spacial score (nSPS) is 10.9. The average molecular weight is 307 g/mol. The van der Waals surface area contributed by atoms with Gasteiger partial charge in [-0.25, -0.2) is 9.78 Å². The lowest BCUT2D eigenvalue weighted by Gasteiger charge is -1.98. The monoisotopic (exact) mass is 306 g/mol. The molecule has 0 bridgehead atoms. The second-order valence-corrected chi connectivity index (χ2v) is 5.03. The molecule has 0 spiro atoms. The van der Waals surface area contributed by atoms with Gasteiger partial charge in [-0.2, -0.15) is 0 Å². The molecule has 0 saturated carbocycles. The van der Waals surface area contributed by atoms with Crippen molar-refractivity contribution in [2.24, 2.45) is 0 Å². The lowest BCUT2D eigenvalue weighted by molar-refractivity contribution is 0.0698. The molecule has 2 heterocycles. The Morgan fingerprint density at radius 1 is 1.20 bits per heavy atom. The molecule has 2 aromatic heterocycles. The summed E-state index contributed by atoms with van der Waals surface area (Å²) in [6, 6.07) is 8.35. The number of pyridine rings is 1. The van der Waals surface area contributed by atoms with Crippen LogP contribution in [0.4, 0.5) is 0 Å². The van der Waals surface area contributed by atoms with Crippen LogP contribution in [-0.4, -0.2) is 20.5 Å². The molecule has 100 valence electrons. The van der Waals surface area contributed by atoms with Crippen LogP contribution in [0.15, 0.2) is 42.7 Å². The Morgan fingerprint density at radius 3 is 2.70 bits per heavy atom. The van der Waals surface area contributed by atoms with Crippen molar-refractivity contribution in [1.29, 1.82) is 0 Å². The molecule has 0 amide bonds. The van der Waals surface area contributed by atoms with Gasteiger partial charge in [0.2, 0.25) is 0 Å². The Morgan fingerprint density at radius 2 is 2.00 bits per heavy atom. The van der Waals surface area contributed by atoms with Crippen molar-refractivity contribution in [3.05, 3.63) is 58.3 Å². The van der Waals surface area contributed by atoms with Gasteiger partial charge in [-0.15, -0.1) is 0 Å². The van der Waals surface area contributed by atoms with Crippen LogP contribution in [0.1, 0.15) is 10.4 Å². The van der Waals surface area contributed by atoms with Crippen LogP contribution < -0.4 is 0 Å². The van der Waals surface area contributed by atoms with Crippen LogP contribution >= 0.6 is 23.2 Å². The first-order valence-corrected chi connectivity index (χ1v) is 6.48. The second-order valence-electron chi connectivity index (χ2n) is 4.21. The summed E-state index contributed by atoms with van der Waals surface area (Å²) in [7, 11) is 0. The number of hydrogen-bond donors (Lipinski definition) is 1. The van der Waals surface area contributed by atoms with Gasteiger partial charge in [-0.05, 0) is 24.3 Å². The van der Waals surface area contributed by atoms with E-state index in [0.717, 1.165) is 5.56 Å². The molecule has 0 unspecified atom stereocenters. The van der Waals surface area contributed by atoms with E-state index in [1.54, 1.807) is 41.1 Å². The Bertz CT molecular complexity index is 827. The zero-order valence-electron chi connectivity index (χ0n) is 10.0. The molecule has 3 aromatic rings. The van der Waals surface area contributed by atoms with Crippen LogP contribution in [0.3, 0.4) is 0 Å². The predicted octanol–water partition coefficient (Wildman–Crippen LogP) is 4.01. The van der Waals surface area contributed by atoms with E-state index >= 15 is 0 Å². The molecule has 0 saturated heterocycles. The lowest BCUT2D eigenvalue weighted by atomic mass is 10.2. The summed E-state index contributed by atoms with van der Waals surface area (Å²) >= 11 is 11.9. The van der Waals surface area contributed by atoms with Crippen molar-refractivity contribution < 1.29 is 9.90 Å². The number of fused-ring (bicyclic) bond motifs is 1. The third-order valence-electron chi connectivity index (χ3n) is 2.93. The fourth-order valence-corrected chi connectivity index (χ4v) is 2.27. The number of halogens is 2. The fourth-order valence-electron chi connectivity index (χ4n) is 1.97. The van der Waals surface area contributed by atoms with E-state index in [1.165, 1.54) is 6.07 Å². The molecule has 0 aliphatic carbocycles. The summed E-state index contributed by atoms with van der Waals surface area (Å²) < 4.78 is 1.67. The minimum atomic E-state index is -1.01. The molecule has 4 nitrogen and oxygen atoms in total. The van der Waals surface area contributed by atoms with Crippen LogP contribution in [-0.2, 0) is 0 Å². The first-order chi connectivity index (χ1) is 9.56. The van der Waals surface area contributed by atoms with Crippen molar-refractivity contribution in [1.82, 2.24) is 9.38 Å². The van der Waals surface area contributed by atoms with Gasteiger partial charge in [-0.1, -0.05) is 29.3 Å². The molecule has 0 fully saturated rings. The molecule has 0 aliphatic rings. The van der Waals surface area contributed by atoms with Gasteiger partial charge in [0, 0.05) is 18.0 Å². The van der Waals surface area contributed by atoms with Gasteiger partial charge >= 0.3 is 5.97 Å². The van der Waals surface area contributed by atoms with E-state index in [9.17, 15) is 4.79 Å². The van der Waals surface area contributed by atoms with Crippen molar-refractivity contribution in [3.63, 3.8) is 0 Å². The second kappa shape index (κ2) is 4.81. The van der Waals surface area contributed by atoms with Crippen LogP contribution in [0, 0.1) is 0 Å². The number of benzene rings is 1. The molecule has 0 atom stereocenters. The van der Waals surface area contributed by atoms with Gasteiger partial charge in [-0.3, -0.25) is 0 Å². The predicted molar refractivity (Wildman–Crippen MR) is 77.6 cm³/mol. The molecule has 1 aromatic carbocycles. The summed E-state index contributed by atoms with van der Waals surface area (Å²) in [5.41, 5.74) is 1.96. The van der Waals surface area contributed by atoms with Gasteiger partial charge in [0.15, 0.2) is 5.65 Å². The summed E-state index contributed by atoms with van der Waals surface area (Å²) in [4.78, 5) is 15.5. The highest BCUT2D eigenvalue weighted by molar-refractivity contribution is 6.42. The quantitative estimate of drug-likeness (QED) is 0.778.